The molecule has 216 valence electrons. The van der Waals surface area contributed by atoms with E-state index in [-0.39, 0.29) is 12.5 Å². The van der Waals surface area contributed by atoms with Crippen molar-refractivity contribution in [3.05, 3.63) is 75.7 Å². The summed E-state index contributed by atoms with van der Waals surface area (Å²) in [6.07, 6.45) is 3.38. The van der Waals surface area contributed by atoms with E-state index in [1.54, 1.807) is 38.1 Å². The minimum Gasteiger partial charge on any atom is -0.494 e. The van der Waals surface area contributed by atoms with Crippen LogP contribution in [0.5, 0.6) is 11.5 Å². The summed E-state index contributed by atoms with van der Waals surface area (Å²) in [4.78, 5) is 39.4. The van der Waals surface area contributed by atoms with Crippen molar-refractivity contribution in [2.24, 2.45) is 11.0 Å². The van der Waals surface area contributed by atoms with Crippen molar-refractivity contribution < 1.29 is 28.6 Å². The Labute approximate surface area is 243 Å². The molecule has 2 aromatic carbocycles. The first kappa shape index (κ1) is 29.8. The second kappa shape index (κ2) is 13.9. The van der Waals surface area contributed by atoms with E-state index in [0.29, 0.717) is 34.4 Å². The summed E-state index contributed by atoms with van der Waals surface area (Å²) in [5.41, 5.74) is 5.13. The quantitative estimate of drug-likeness (QED) is 0.174. The van der Waals surface area contributed by atoms with Crippen molar-refractivity contribution in [3.63, 3.8) is 0 Å². The molecule has 0 fully saturated rings. The van der Waals surface area contributed by atoms with E-state index in [4.69, 9.17) is 14.2 Å². The maximum atomic E-state index is 13.1. The van der Waals surface area contributed by atoms with Gasteiger partial charge in [-0.2, -0.15) is 5.10 Å². The van der Waals surface area contributed by atoms with Crippen molar-refractivity contribution in [1.82, 2.24) is 5.43 Å². The highest BCUT2D eigenvalue weighted by atomic mass is 32.1. The minimum atomic E-state index is -0.820. The lowest BCUT2D eigenvalue weighted by molar-refractivity contribution is -0.127. The third kappa shape index (κ3) is 7.73. The zero-order valence-electron chi connectivity index (χ0n) is 23.7. The number of rotatable bonds is 11. The zero-order chi connectivity index (χ0) is 29.4. The van der Waals surface area contributed by atoms with Gasteiger partial charge in [0.1, 0.15) is 16.5 Å². The first-order chi connectivity index (χ1) is 19.8. The van der Waals surface area contributed by atoms with E-state index < -0.39 is 18.0 Å². The Morgan fingerprint density at radius 1 is 1.05 bits per heavy atom. The van der Waals surface area contributed by atoms with Gasteiger partial charge in [0, 0.05) is 10.4 Å². The molecule has 4 rings (SSSR count). The van der Waals surface area contributed by atoms with E-state index in [2.05, 4.69) is 22.8 Å². The Balaban J connectivity index is 1.34. The van der Waals surface area contributed by atoms with E-state index in [9.17, 15) is 14.4 Å². The molecular weight excluding hydrogens is 542 g/mol. The number of hydrogen-bond donors (Lipinski definition) is 2. The Morgan fingerprint density at radius 2 is 1.76 bits per heavy atom. The lowest BCUT2D eigenvalue weighted by Crippen LogP contribution is -2.33. The number of amides is 2. The van der Waals surface area contributed by atoms with Crippen LogP contribution in [0.1, 0.15) is 70.8 Å². The smallest absolute Gasteiger partial charge is 0.341 e. The van der Waals surface area contributed by atoms with E-state index >= 15 is 0 Å². The molecule has 1 aliphatic carbocycles. The van der Waals surface area contributed by atoms with Crippen LogP contribution in [0.25, 0.3) is 0 Å². The number of carbonyl (C=O) groups is 3. The summed E-state index contributed by atoms with van der Waals surface area (Å²) in [5, 5.41) is 7.42. The summed E-state index contributed by atoms with van der Waals surface area (Å²) in [6, 6.07) is 13.8. The molecule has 9 nitrogen and oxygen atoms in total. The van der Waals surface area contributed by atoms with Crippen LogP contribution in [0.2, 0.25) is 0 Å². The molecule has 41 heavy (non-hydrogen) atoms. The number of benzene rings is 2. The first-order valence-corrected chi connectivity index (χ1v) is 14.6. The van der Waals surface area contributed by atoms with Gasteiger partial charge < -0.3 is 19.5 Å². The highest BCUT2D eigenvalue weighted by Crippen LogP contribution is 2.40. The molecule has 1 heterocycles. The number of carbonyl (C=O) groups excluding carboxylic acids is 3. The standard InChI is InChI=1S/C31H35N3O6S/c1-5-38-23-12-8-21(9-13-23)18-32-34-28(35)20(4)40-24-14-10-22(11-15-24)29(36)33-30-27(31(37)39-6-2)25-16-7-19(3)17-26(25)41-30/h8-15,18-20H,5-7,16-17H2,1-4H3,(H,33,36)(H,34,35)/b32-18-/t19-,20-/m1/s1. The van der Waals surface area contributed by atoms with Gasteiger partial charge in [-0.25, -0.2) is 10.2 Å². The maximum Gasteiger partial charge on any atom is 0.341 e. The topological polar surface area (TPSA) is 115 Å². The van der Waals surface area contributed by atoms with Crippen LogP contribution in [-0.4, -0.2) is 43.3 Å². The maximum absolute atomic E-state index is 13.1. The fourth-order valence-electron chi connectivity index (χ4n) is 4.45. The van der Waals surface area contributed by atoms with Gasteiger partial charge in [-0.3, -0.25) is 9.59 Å². The molecular formula is C31H35N3O6S. The number of esters is 1. The molecule has 0 saturated heterocycles. The molecule has 0 aliphatic heterocycles. The number of fused-ring (bicyclic) bond motifs is 1. The van der Waals surface area contributed by atoms with Gasteiger partial charge in [-0.05, 0) is 106 Å². The third-order valence-corrected chi connectivity index (χ3v) is 7.77. The van der Waals surface area contributed by atoms with Crippen LogP contribution in [0.4, 0.5) is 5.00 Å². The van der Waals surface area contributed by atoms with Crippen LogP contribution in [0.3, 0.4) is 0 Å². The highest BCUT2D eigenvalue weighted by molar-refractivity contribution is 7.17. The van der Waals surface area contributed by atoms with Crippen LogP contribution in [0, 0.1) is 5.92 Å². The predicted molar refractivity (Wildman–Crippen MR) is 159 cm³/mol. The van der Waals surface area contributed by atoms with E-state index in [1.807, 2.05) is 31.2 Å². The minimum absolute atomic E-state index is 0.264. The number of anilines is 1. The molecule has 2 amide bonds. The number of hydrazone groups is 1. The van der Waals surface area contributed by atoms with Gasteiger partial charge in [0.25, 0.3) is 11.8 Å². The monoisotopic (exact) mass is 577 g/mol. The molecule has 3 aromatic rings. The zero-order valence-corrected chi connectivity index (χ0v) is 24.5. The van der Waals surface area contributed by atoms with Gasteiger partial charge in [0.15, 0.2) is 6.10 Å². The van der Waals surface area contributed by atoms with Crippen molar-refractivity contribution in [1.29, 1.82) is 0 Å². The van der Waals surface area contributed by atoms with Crippen LogP contribution in [-0.2, 0) is 22.4 Å². The number of nitrogens with one attached hydrogen (secondary N) is 2. The number of ether oxygens (including phenoxy) is 3. The van der Waals surface area contributed by atoms with Crippen molar-refractivity contribution in [2.75, 3.05) is 18.5 Å². The normalized spacial score (nSPS) is 15.1. The average Bonchev–Trinajstić information content (AvgIpc) is 3.31. The van der Waals surface area contributed by atoms with Gasteiger partial charge in [-0.15, -0.1) is 11.3 Å². The second-order valence-corrected chi connectivity index (χ2v) is 10.9. The highest BCUT2D eigenvalue weighted by Gasteiger charge is 2.29. The van der Waals surface area contributed by atoms with Gasteiger partial charge >= 0.3 is 5.97 Å². The fraction of sp³-hybridized carbons (Fsp3) is 0.355. The molecule has 0 bridgehead atoms. The number of nitrogens with zero attached hydrogens (tertiary/aromatic N) is 1. The lowest BCUT2D eigenvalue weighted by Gasteiger charge is -2.18. The SMILES string of the molecule is CCOC(=O)c1c(NC(=O)c2ccc(O[C@H](C)C(=O)N/N=C\c3ccc(OCC)cc3)cc2)sc2c1CC[C@@H](C)C2. The summed E-state index contributed by atoms with van der Waals surface area (Å²) in [6.45, 7) is 8.34. The molecule has 2 atom stereocenters. The molecule has 1 aromatic heterocycles. The predicted octanol–water partition coefficient (Wildman–Crippen LogP) is 5.62. The Hall–Kier alpha value is -4.18. The summed E-state index contributed by atoms with van der Waals surface area (Å²) >= 11 is 1.45. The first-order valence-electron chi connectivity index (χ1n) is 13.7. The van der Waals surface area contributed by atoms with Crippen LogP contribution >= 0.6 is 11.3 Å². The molecule has 0 saturated carbocycles. The molecule has 0 spiro atoms. The Morgan fingerprint density at radius 3 is 2.44 bits per heavy atom. The third-order valence-electron chi connectivity index (χ3n) is 6.60. The van der Waals surface area contributed by atoms with E-state index in [0.717, 1.165) is 41.0 Å². The van der Waals surface area contributed by atoms with Gasteiger partial charge in [0.2, 0.25) is 0 Å². The average molecular weight is 578 g/mol. The fourth-order valence-corrected chi connectivity index (χ4v) is 5.85. The summed E-state index contributed by atoms with van der Waals surface area (Å²) in [5.74, 6) is 0.546. The van der Waals surface area contributed by atoms with Gasteiger partial charge in [0.05, 0.1) is 25.0 Å². The summed E-state index contributed by atoms with van der Waals surface area (Å²) in [7, 11) is 0. The molecule has 1 aliphatic rings. The summed E-state index contributed by atoms with van der Waals surface area (Å²) < 4.78 is 16.4. The molecule has 0 radical (unpaired) electrons. The number of thiophene rings is 1. The molecule has 2 N–H and O–H groups in total. The van der Waals surface area contributed by atoms with Crippen LogP contribution < -0.4 is 20.2 Å². The number of hydrogen-bond acceptors (Lipinski definition) is 8. The van der Waals surface area contributed by atoms with Crippen molar-refractivity contribution in [3.8, 4) is 11.5 Å². The largest absolute Gasteiger partial charge is 0.494 e. The van der Waals surface area contributed by atoms with E-state index in [1.165, 1.54) is 17.6 Å². The van der Waals surface area contributed by atoms with Gasteiger partial charge in [-0.1, -0.05) is 6.92 Å². The Kier molecular flexibility index (Phi) is 10.1. The second-order valence-electron chi connectivity index (χ2n) is 9.75. The molecule has 0 unspecified atom stereocenters. The van der Waals surface area contributed by atoms with Crippen molar-refractivity contribution >= 4 is 40.3 Å². The lowest BCUT2D eigenvalue weighted by atomic mass is 9.88. The van der Waals surface area contributed by atoms with Crippen LogP contribution in [0.15, 0.2) is 53.6 Å². The Bertz CT molecular complexity index is 1400. The molecule has 10 heteroatoms. The van der Waals surface area contributed by atoms with Crippen molar-refractivity contribution in [2.45, 2.75) is 53.1 Å².